The molecule has 1 aromatic carbocycles. The third-order valence-corrected chi connectivity index (χ3v) is 3.83. The lowest BCUT2D eigenvalue weighted by Crippen LogP contribution is -2.04. The maximum atomic E-state index is 6.13. The molecule has 0 bridgehead atoms. The Hall–Kier alpha value is -1.29. The zero-order valence-corrected chi connectivity index (χ0v) is 12.7. The van der Waals surface area contributed by atoms with Crippen LogP contribution in [0.25, 0.3) is 5.69 Å². The van der Waals surface area contributed by atoms with Crippen LogP contribution in [-0.4, -0.2) is 9.78 Å². The first-order valence-electron chi connectivity index (χ1n) is 6.03. The van der Waals surface area contributed by atoms with Gasteiger partial charge in [-0.1, -0.05) is 31.5 Å². The number of aromatic nitrogens is 2. The minimum absolute atomic E-state index is 0.341. The van der Waals surface area contributed by atoms with Gasteiger partial charge in [-0.3, -0.25) is 0 Å². The molecule has 0 saturated carbocycles. The molecule has 2 N–H and O–H groups in total. The Morgan fingerprint density at radius 2 is 1.94 bits per heavy atom. The number of benzene rings is 1. The van der Waals surface area contributed by atoms with Gasteiger partial charge in [-0.2, -0.15) is 5.10 Å². The lowest BCUT2D eigenvalue weighted by Gasteiger charge is -2.08. The van der Waals surface area contributed by atoms with Crippen LogP contribution in [0.3, 0.4) is 0 Å². The Labute approximate surface area is 116 Å². The van der Waals surface area contributed by atoms with Crippen LogP contribution in [-0.2, 0) is 0 Å². The molecule has 0 aliphatic rings. The van der Waals surface area contributed by atoms with Gasteiger partial charge in [0.25, 0.3) is 0 Å². The molecule has 0 spiro atoms. The molecule has 4 heteroatoms. The lowest BCUT2D eigenvalue weighted by molar-refractivity contribution is 0.767. The summed E-state index contributed by atoms with van der Waals surface area (Å²) in [6, 6.07) is 6.27. The first kappa shape index (κ1) is 13.1. The molecule has 0 aliphatic heterocycles. The van der Waals surface area contributed by atoms with Gasteiger partial charge >= 0.3 is 0 Å². The fourth-order valence-electron chi connectivity index (χ4n) is 2.03. The molecule has 0 aliphatic carbocycles. The lowest BCUT2D eigenvalue weighted by atomic mass is 10.1. The molecule has 3 nitrogen and oxygen atoms in total. The highest BCUT2D eigenvalue weighted by Crippen LogP contribution is 2.31. The van der Waals surface area contributed by atoms with Crippen LogP contribution in [0.1, 0.15) is 36.6 Å². The van der Waals surface area contributed by atoms with E-state index in [4.69, 9.17) is 5.73 Å². The SMILES string of the molecule is Cc1ccc(-n2nc(C(C)C)c(Br)c2N)c(C)c1. The Bertz CT molecular complexity index is 585. The van der Waals surface area contributed by atoms with Crippen molar-refractivity contribution < 1.29 is 0 Å². The third kappa shape index (κ3) is 2.17. The first-order valence-corrected chi connectivity index (χ1v) is 6.82. The molecule has 0 unspecified atom stereocenters. The van der Waals surface area contributed by atoms with Gasteiger partial charge in [0.1, 0.15) is 5.82 Å². The summed E-state index contributed by atoms with van der Waals surface area (Å²) in [4.78, 5) is 0. The summed E-state index contributed by atoms with van der Waals surface area (Å²) < 4.78 is 2.71. The Morgan fingerprint density at radius 3 is 2.44 bits per heavy atom. The molecule has 2 rings (SSSR count). The topological polar surface area (TPSA) is 43.8 Å². The molecule has 18 heavy (non-hydrogen) atoms. The van der Waals surface area contributed by atoms with Crippen molar-refractivity contribution in [2.24, 2.45) is 0 Å². The van der Waals surface area contributed by atoms with Crippen molar-refractivity contribution >= 4 is 21.7 Å². The van der Waals surface area contributed by atoms with Crippen LogP contribution in [0.2, 0.25) is 0 Å². The average Bonchev–Trinajstić information content (AvgIpc) is 2.57. The van der Waals surface area contributed by atoms with E-state index in [1.807, 2.05) is 4.68 Å². The van der Waals surface area contributed by atoms with Gasteiger partial charge in [0, 0.05) is 0 Å². The van der Waals surface area contributed by atoms with Crippen molar-refractivity contribution in [3.8, 4) is 5.69 Å². The van der Waals surface area contributed by atoms with E-state index in [1.165, 1.54) is 11.1 Å². The zero-order chi connectivity index (χ0) is 13.4. The van der Waals surface area contributed by atoms with E-state index in [2.05, 4.69) is 66.9 Å². The van der Waals surface area contributed by atoms with Gasteiger partial charge in [-0.15, -0.1) is 0 Å². The molecule has 0 radical (unpaired) electrons. The molecule has 0 atom stereocenters. The van der Waals surface area contributed by atoms with Crippen molar-refractivity contribution in [1.29, 1.82) is 0 Å². The molecular weight excluding hydrogens is 290 g/mol. The predicted molar refractivity (Wildman–Crippen MR) is 79.2 cm³/mol. The van der Waals surface area contributed by atoms with Crippen LogP contribution >= 0.6 is 15.9 Å². The first-order chi connectivity index (χ1) is 8.41. The number of anilines is 1. The van der Waals surface area contributed by atoms with E-state index in [9.17, 15) is 0 Å². The van der Waals surface area contributed by atoms with Gasteiger partial charge in [-0.05, 0) is 47.3 Å². The van der Waals surface area contributed by atoms with Crippen molar-refractivity contribution in [3.63, 3.8) is 0 Å². The highest BCUT2D eigenvalue weighted by atomic mass is 79.9. The summed E-state index contributed by atoms with van der Waals surface area (Å²) in [5.74, 6) is 0.999. The van der Waals surface area contributed by atoms with Crippen LogP contribution < -0.4 is 5.73 Å². The minimum Gasteiger partial charge on any atom is -0.383 e. The van der Waals surface area contributed by atoms with E-state index in [0.717, 1.165) is 15.9 Å². The van der Waals surface area contributed by atoms with Crippen molar-refractivity contribution in [2.75, 3.05) is 5.73 Å². The summed E-state index contributed by atoms with van der Waals surface area (Å²) in [6.07, 6.45) is 0. The average molecular weight is 308 g/mol. The largest absolute Gasteiger partial charge is 0.383 e. The summed E-state index contributed by atoms with van der Waals surface area (Å²) in [5.41, 5.74) is 10.6. The molecule has 0 saturated heterocycles. The van der Waals surface area contributed by atoms with E-state index < -0.39 is 0 Å². The maximum absolute atomic E-state index is 6.13. The molecular formula is C14H18BrN3. The van der Waals surface area contributed by atoms with Crippen molar-refractivity contribution in [3.05, 3.63) is 39.5 Å². The quantitative estimate of drug-likeness (QED) is 0.912. The number of hydrogen-bond acceptors (Lipinski definition) is 2. The smallest absolute Gasteiger partial charge is 0.141 e. The number of aryl methyl sites for hydroxylation is 2. The van der Waals surface area contributed by atoms with E-state index in [-0.39, 0.29) is 0 Å². The fraction of sp³-hybridized carbons (Fsp3) is 0.357. The van der Waals surface area contributed by atoms with Crippen LogP contribution in [0.15, 0.2) is 22.7 Å². The predicted octanol–water partition coefficient (Wildman–Crippen LogP) is 3.96. The number of halogens is 1. The highest BCUT2D eigenvalue weighted by molar-refractivity contribution is 9.10. The second-order valence-corrected chi connectivity index (χ2v) is 5.73. The summed E-state index contributed by atoms with van der Waals surface area (Å²) in [5, 5.41) is 4.61. The van der Waals surface area contributed by atoms with E-state index >= 15 is 0 Å². The van der Waals surface area contributed by atoms with Gasteiger partial charge in [0.15, 0.2) is 0 Å². The van der Waals surface area contributed by atoms with Crippen LogP contribution in [0.4, 0.5) is 5.82 Å². The van der Waals surface area contributed by atoms with Gasteiger partial charge in [-0.25, -0.2) is 4.68 Å². The standard InChI is InChI=1S/C14H18BrN3/c1-8(2)13-12(15)14(16)18(17-13)11-6-5-9(3)7-10(11)4/h5-8H,16H2,1-4H3. The normalized spacial score (nSPS) is 11.2. The molecule has 1 heterocycles. The number of hydrogen-bond donors (Lipinski definition) is 1. The number of rotatable bonds is 2. The van der Waals surface area contributed by atoms with Crippen molar-refractivity contribution in [1.82, 2.24) is 9.78 Å². The molecule has 1 aromatic heterocycles. The van der Waals surface area contributed by atoms with E-state index in [1.54, 1.807) is 0 Å². The Morgan fingerprint density at radius 1 is 1.28 bits per heavy atom. The Balaban J connectivity index is 2.61. The highest BCUT2D eigenvalue weighted by Gasteiger charge is 2.17. The fourth-order valence-corrected chi connectivity index (χ4v) is 2.73. The minimum atomic E-state index is 0.341. The number of nitrogen functional groups attached to an aromatic ring is 1. The second-order valence-electron chi connectivity index (χ2n) is 4.94. The summed E-state index contributed by atoms with van der Waals surface area (Å²) in [7, 11) is 0. The molecule has 0 amide bonds. The molecule has 0 fully saturated rings. The maximum Gasteiger partial charge on any atom is 0.141 e. The monoisotopic (exact) mass is 307 g/mol. The van der Waals surface area contributed by atoms with Gasteiger partial charge in [0.05, 0.1) is 15.9 Å². The zero-order valence-electron chi connectivity index (χ0n) is 11.2. The number of nitrogens with zero attached hydrogens (tertiary/aromatic N) is 2. The molecule has 2 aromatic rings. The van der Waals surface area contributed by atoms with Gasteiger partial charge < -0.3 is 5.73 Å². The summed E-state index contributed by atoms with van der Waals surface area (Å²) in [6.45, 7) is 8.38. The van der Waals surface area contributed by atoms with Crippen LogP contribution in [0, 0.1) is 13.8 Å². The second kappa shape index (κ2) is 4.76. The van der Waals surface area contributed by atoms with Crippen LogP contribution in [0.5, 0.6) is 0 Å². The van der Waals surface area contributed by atoms with Crippen molar-refractivity contribution in [2.45, 2.75) is 33.6 Å². The summed E-state index contributed by atoms with van der Waals surface area (Å²) >= 11 is 3.53. The third-order valence-electron chi connectivity index (χ3n) is 3.01. The molecule has 96 valence electrons. The number of nitrogens with two attached hydrogens (primary N) is 1. The van der Waals surface area contributed by atoms with E-state index in [0.29, 0.717) is 11.7 Å². The Kier molecular flexibility index (Phi) is 3.48. The van der Waals surface area contributed by atoms with Gasteiger partial charge in [0.2, 0.25) is 0 Å².